The lowest BCUT2D eigenvalue weighted by molar-refractivity contribution is 0.582. The molecule has 3 nitrogen and oxygen atoms in total. The fourth-order valence-electron chi connectivity index (χ4n) is 0.963. The molecule has 0 aliphatic heterocycles. The van der Waals surface area contributed by atoms with Crippen molar-refractivity contribution in [3.05, 3.63) is 0 Å². The van der Waals surface area contributed by atoms with Gasteiger partial charge < -0.3 is 10.7 Å². The number of hydrazine groups is 1. The summed E-state index contributed by atoms with van der Waals surface area (Å²) in [6.07, 6.45) is 2.64. The predicted octanol–water partition coefficient (Wildman–Crippen LogP) is 0.123. The molecule has 0 heterocycles. The molecule has 0 saturated heterocycles. The molecule has 4 heteroatoms. The summed E-state index contributed by atoms with van der Waals surface area (Å²) in [5.74, 6) is 5.90. The van der Waals surface area contributed by atoms with Gasteiger partial charge in [-0.1, -0.05) is 0 Å². The molecular formula is C6H13N3S. The summed E-state index contributed by atoms with van der Waals surface area (Å²) in [7, 11) is 0. The van der Waals surface area contributed by atoms with Crippen LogP contribution in [0.4, 0.5) is 0 Å². The molecule has 1 atom stereocenters. The molecule has 0 spiro atoms. The second-order valence-corrected chi connectivity index (χ2v) is 3.15. The van der Waals surface area contributed by atoms with Gasteiger partial charge in [-0.2, -0.15) is 0 Å². The summed E-state index contributed by atoms with van der Waals surface area (Å²) in [5.41, 5.74) is 2.40. The van der Waals surface area contributed by atoms with E-state index in [2.05, 4.69) is 17.7 Å². The Labute approximate surface area is 66.3 Å². The van der Waals surface area contributed by atoms with Gasteiger partial charge in [-0.15, -0.1) is 0 Å². The maximum Gasteiger partial charge on any atom is 0.180 e. The monoisotopic (exact) mass is 159 g/mol. The predicted molar refractivity (Wildman–Crippen MR) is 45.2 cm³/mol. The van der Waals surface area contributed by atoms with Crippen LogP contribution in [0.3, 0.4) is 0 Å². The number of hydrogen-bond acceptors (Lipinski definition) is 2. The van der Waals surface area contributed by atoms with Gasteiger partial charge in [0.05, 0.1) is 0 Å². The first-order valence-corrected chi connectivity index (χ1v) is 3.92. The molecule has 58 valence electrons. The summed E-state index contributed by atoms with van der Waals surface area (Å²) in [5, 5.41) is 3.63. The van der Waals surface area contributed by atoms with Crippen LogP contribution in [0.5, 0.6) is 0 Å². The largest absolute Gasteiger partial charge is 0.359 e. The van der Waals surface area contributed by atoms with Crippen molar-refractivity contribution in [3.63, 3.8) is 0 Å². The highest BCUT2D eigenvalue weighted by Crippen LogP contribution is 2.32. The first-order valence-electron chi connectivity index (χ1n) is 3.51. The highest BCUT2D eigenvalue weighted by molar-refractivity contribution is 7.80. The zero-order valence-electron chi connectivity index (χ0n) is 6.05. The third kappa shape index (κ3) is 2.11. The van der Waals surface area contributed by atoms with Gasteiger partial charge in [-0.05, 0) is 37.9 Å². The van der Waals surface area contributed by atoms with E-state index in [9.17, 15) is 0 Å². The molecule has 1 saturated carbocycles. The van der Waals surface area contributed by atoms with Crippen molar-refractivity contribution in [1.82, 2.24) is 10.7 Å². The zero-order valence-corrected chi connectivity index (χ0v) is 6.87. The summed E-state index contributed by atoms with van der Waals surface area (Å²) < 4.78 is 0. The molecule has 1 fully saturated rings. The minimum atomic E-state index is 0.476. The van der Waals surface area contributed by atoms with Crippen molar-refractivity contribution in [1.29, 1.82) is 0 Å². The van der Waals surface area contributed by atoms with Gasteiger partial charge in [0.15, 0.2) is 5.11 Å². The molecule has 0 amide bonds. The van der Waals surface area contributed by atoms with E-state index < -0.39 is 0 Å². The van der Waals surface area contributed by atoms with Gasteiger partial charge in [-0.3, -0.25) is 0 Å². The molecule has 0 aromatic heterocycles. The quantitative estimate of drug-likeness (QED) is 0.304. The Morgan fingerprint density at radius 1 is 1.70 bits per heavy atom. The summed E-state index contributed by atoms with van der Waals surface area (Å²) in [6.45, 7) is 2.13. The van der Waals surface area contributed by atoms with E-state index in [1.165, 1.54) is 12.8 Å². The van der Waals surface area contributed by atoms with Gasteiger partial charge in [0.2, 0.25) is 0 Å². The minimum absolute atomic E-state index is 0.476. The lowest BCUT2D eigenvalue weighted by Crippen LogP contribution is -2.44. The Kier molecular flexibility index (Phi) is 2.45. The van der Waals surface area contributed by atoms with E-state index in [1.54, 1.807) is 0 Å². The molecule has 0 radical (unpaired) electrons. The van der Waals surface area contributed by atoms with Crippen LogP contribution in [0.1, 0.15) is 19.8 Å². The Bertz CT molecular complexity index is 133. The van der Waals surface area contributed by atoms with Gasteiger partial charge >= 0.3 is 0 Å². The number of nitrogens with one attached hydrogen (secondary N) is 2. The van der Waals surface area contributed by atoms with Crippen LogP contribution in [0.2, 0.25) is 0 Å². The highest BCUT2D eigenvalue weighted by atomic mass is 32.1. The van der Waals surface area contributed by atoms with Crippen molar-refractivity contribution in [3.8, 4) is 0 Å². The average molecular weight is 159 g/mol. The van der Waals surface area contributed by atoms with Crippen LogP contribution in [-0.4, -0.2) is 11.2 Å². The van der Waals surface area contributed by atoms with E-state index >= 15 is 0 Å². The maximum absolute atomic E-state index is 5.09. The summed E-state index contributed by atoms with van der Waals surface area (Å²) in [6, 6.07) is 0.476. The molecular weight excluding hydrogens is 146 g/mol. The lowest BCUT2D eigenvalue weighted by Gasteiger charge is -2.13. The Hall–Kier alpha value is -0.350. The minimum Gasteiger partial charge on any atom is -0.359 e. The van der Waals surface area contributed by atoms with Crippen molar-refractivity contribution < 1.29 is 0 Å². The van der Waals surface area contributed by atoms with E-state index in [0.717, 1.165) is 5.92 Å². The molecule has 0 aromatic rings. The molecule has 1 aliphatic carbocycles. The molecule has 1 rings (SSSR count). The topological polar surface area (TPSA) is 50.1 Å². The van der Waals surface area contributed by atoms with Crippen molar-refractivity contribution in [2.45, 2.75) is 25.8 Å². The zero-order chi connectivity index (χ0) is 7.56. The fraction of sp³-hybridized carbons (Fsp3) is 0.833. The van der Waals surface area contributed by atoms with Gasteiger partial charge in [0.1, 0.15) is 0 Å². The lowest BCUT2D eigenvalue weighted by atomic mass is 10.2. The molecule has 0 bridgehead atoms. The van der Waals surface area contributed by atoms with Gasteiger partial charge in [0, 0.05) is 6.04 Å². The Balaban J connectivity index is 2.16. The first-order chi connectivity index (χ1) is 4.74. The first kappa shape index (κ1) is 7.75. The SMILES string of the molecule is CC(NC(=S)NN)C1CC1. The number of rotatable bonds is 2. The van der Waals surface area contributed by atoms with Crippen LogP contribution >= 0.6 is 12.2 Å². The molecule has 10 heavy (non-hydrogen) atoms. The van der Waals surface area contributed by atoms with Crippen molar-refractivity contribution >= 4 is 17.3 Å². The number of thiocarbonyl (C=S) groups is 1. The smallest absolute Gasteiger partial charge is 0.180 e. The van der Waals surface area contributed by atoms with Crippen LogP contribution in [0.25, 0.3) is 0 Å². The van der Waals surface area contributed by atoms with E-state index in [0.29, 0.717) is 11.2 Å². The average Bonchev–Trinajstić information content (AvgIpc) is 2.68. The van der Waals surface area contributed by atoms with E-state index in [4.69, 9.17) is 18.1 Å². The number of hydrogen-bond donors (Lipinski definition) is 3. The van der Waals surface area contributed by atoms with Crippen LogP contribution in [-0.2, 0) is 0 Å². The standard InChI is InChI=1S/C6H13N3S/c1-4(5-2-3-5)8-6(10)9-7/h4-5H,2-3,7H2,1H3,(H2,8,9,10). The third-order valence-corrected chi connectivity index (χ3v) is 2.05. The van der Waals surface area contributed by atoms with Crippen LogP contribution in [0, 0.1) is 5.92 Å². The second-order valence-electron chi connectivity index (χ2n) is 2.74. The fourth-order valence-corrected chi connectivity index (χ4v) is 1.15. The summed E-state index contributed by atoms with van der Waals surface area (Å²) in [4.78, 5) is 0. The van der Waals surface area contributed by atoms with Crippen LogP contribution in [0.15, 0.2) is 0 Å². The molecule has 1 aliphatic rings. The van der Waals surface area contributed by atoms with E-state index in [-0.39, 0.29) is 0 Å². The highest BCUT2D eigenvalue weighted by Gasteiger charge is 2.27. The van der Waals surface area contributed by atoms with Gasteiger partial charge in [0.25, 0.3) is 0 Å². The second kappa shape index (κ2) is 3.16. The van der Waals surface area contributed by atoms with Crippen molar-refractivity contribution in [2.75, 3.05) is 0 Å². The number of nitrogens with two attached hydrogens (primary N) is 1. The Morgan fingerprint density at radius 2 is 2.30 bits per heavy atom. The third-order valence-electron chi connectivity index (χ3n) is 1.82. The molecule has 1 unspecified atom stereocenters. The van der Waals surface area contributed by atoms with Crippen molar-refractivity contribution in [2.24, 2.45) is 11.8 Å². The normalized spacial score (nSPS) is 19.8. The summed E-state index contributed by atoms with van der Waals surface area (Å²) >= 11 is 4.83. The van der Waals surface area contributed by atoms with E-state index in [1.807, 2.05) is 0 Å². The van der Waals surface area contributed by atoms with Crippen LogP contribution < -0.4 is 16.6 Å². The van der Waals surface area contributed by atoms with Gasteiger partial charge in [-0.25, -0.2) is 5.84 Å². The molecule has 0 aromatic carbocycles. The Morgan fingerprint density at radius 3 is 2.70 bits per heavy atom. The molecule has 4 N–H and O–H groups in total. The maximum atomic E-state index is 5.09.